The highest BCUT2D eigenvalue weighted by atomic mass is 32.1. The van der Waals surface area contributed by atoms with Crippen LogP contribution in [0, 0.1) is 17.0 Å². The first-order valence-corrected chi connectivity index (χ1v) is 10.1. The lowest BCUT2D eigenvalue weighted by atomic mass is 9.94. The minimum atomic E-state index is -0.615. The minimum Gasteiger partial charge on any atom is -0.360 e. The summed E-state index contributed by atoms with van der Waals surface area (Å²) < 4.78 is 5.04. The van der Waals surface area contributed by atoms with E-state index in [1.165, 1.54) is 12.1 Å². The summed E-state index contributed by atoms with van der Waals surface area (Å²) in [5.41, 5.74) is 2.44. The van der Waals surface area contributed by atoms with Gasteiger partial charge in [0.05, 0.1) is 16.5 Å². The number of amides is 1. The Bertz CT molecular complexity index is 1220. The van der Waals surface area contributed by atoms with Crippen molar-refractivity contribution in [1.29, 1.82) is 0 Å². The van der Waals surface area contributed by atoms with Crippen molar-refractivity contribution in [2.24, 2.45) is 0 Å². The molecule has 32 heavy (non-hydrogen) atoms. The number of para-hydroxylation sites is 1. The van der Waals surface area contributed by atoms with E-state index in [2.05, 4.69) is 15.8 Å². The average molecular weight is 449 g/mol. The predicted octanol–water partition coefficient (Wildman–Crippen LogP) is 4.24. The smallest absolute Gasteiger partial charge is 0.269 e. The van der Waals surface area contributed by atoms with Crippen LogP contribution in [0.3, 0.4) is 0 Å². The van der Waals surface area contributed by atoms with Crippen molar-refractivity contribution in [3.63, 3.8) is 0 Å². The first kappa shape index (κ1) is 21.2. The van der Waals surface area contributed by atoms with Crippen molar-refractivity contribution >= 4 is 40.4 Å². The fraction of sp³-hybridized carbons (Fsp3) is 0.136. The summed E-state index contributed by atoms with van der Waals surface area (Å²) in [5.74, 6) is 0.455. The molecular weight excluding hydrogens is 430 g/mol. The molecule has 0 unspecified atom stereocenters. The number of hydrogen-bond acceptors (Lipinski definition) is 6. The van der Waals surface area contributed by atoms with Crippen molar-refractivity contribution in [3.8, 4) is 0 Å². The number of aryl methyl sites for hydroxylation is 1. The second kappa shape index (κ2) is 8.60. The highest BCUT2D eigenvalue weighted by Gasteiger charge is 2.35. The van der Waals surface area contributed by atoms with Gasteiger partial charge in [-0.15, -0.1) is 0 Å². The van der Waals surface area contributed by atoms with Crippen LogP contribution in [0.5, 0.6) is 0 Å². The normalized spacial score (nSPS) is 16.0. The largest absolute Gasteiger partial charge is 0.360 e. The van der Waals surface area contributed by atoms with Gasteiger partial charge in [0, 0.05) is 29.6 Å². The third kappa shape index (κ3) is 4.08. The van der Waals surface area contributed by atoms with Gasteiger partial charge in [0.1, 0.15) is 5.76 Å². The Morgan fingerprint density at radius 1 is 1.19 bits per heavy atom. The molecule has 1 aromatic heterocycles. The van der Waals surface area contributed by atoms with Crippen molar-refractivity contribution in [2.75, 3.05) is 10.2 Å². The molecule has 9 nitrogen and oxygen atoms in total. The molecule has 0 bridgehead atoms. The summed E-state index contributed by atoms with van der Waals surface area (Å²) in [6.07, 6.45) is 0. The van der Waals surface area contributed by atoms with E-state index in [4.69, 9.17) is 16.7 Å². The maximum absolute atomic E-state index is 13.4. The zero-order valence-electron chi connectivity index (χ0n) is 17.2. The van der Waals surface area contributed by atoms with Crippen LogP contribution in [-0.2, 0) is 4.79 Å². The summed E-state index contributed by atoms with van der Waals surface area (Å²) in [5, 5.41) is 21.3. The van der Waals surface area contributed by atoms with Gasteiger partial charge >= 0.3 is 0 Å². The minimum absolute atomic E-state index is 0.0391. The van der Waals surface area contributed by atoms with Gasteiger partial charge in [-0.2, -0.15) is 0 Å². The number of carbonyl (C=O) groups is 1. The van der Waals surface area contributed by atoms with Gasteiger partial charge in [0.15, 0.2) is 10.9 Å². The molecule has 1 amide bonds. The molecule has 162 valence electrons. The van der Waals surface area contributed by atoms with Crippen molar-refractivity contribution in [3.05, 3.63) is 93.4 Å². The molecule has 1 aliphatic rings. The number of anilines is 2. The molecule has 3 aromatic rings. The Morgan fingerprint density at radius 2 is 1.88 bits per heavy atom. The van der Waals surface area contributed by atoms with Crippen LogP contribution in [0.2, 0.25) is 0 Å². The third-order valence-corrected chi connectivity index (χ3v) is 5.35. The summed E-state index contributed by atoms with van der Waals surface area (Å²) in [4.78, 5) is 25.7. The third-order valence-electron chi connectivity index (χ3n) is 5.05. The Labute approximate surface area is 188 Å². The van der Waals surface area contributed by atoms with Gasteiger partial charge < -0.3 is 15.2 Å². The fourth-order valence-corrected chi connectivity index (χ4v) is 3.93. The fourth-order valence-electron chi connectivity index (χ4n) is 3.57. The van der Waals surface area contributed by atoms with Crippen LogP contribution >= 0.6 is 12.2 Å². The molecule has 2 aromatic carbocycles. The lowest BCUT2D eigenvalue weighted by Gasteiger charge is -2.37. The van der Waals surface area contributed by atoms with Gasteiger partial charge in [-0.3, -0.25) is 19.8 Å². The van der Waals surface area contributed by atoms with Gasteiger partial charge in [0.25, 0.3) is 11.6 Å². The molecule has 0 saturated carbocycles. The Balaban J connectivity index is 1.79. The summed E-state index contributed by atoms with van der Waals surface area (Å²) in [7, 11) is 0. The number of allylic oxidation sites excluding steroid dienone is 1. The standard InChI is InChI=1S/C22H19N5O4S/c1-13-12-18(25-31-13)23-21(28)19-14(2)26(16-6-4-3-5-7-16)22(32)24-20(19)15-8-10-17(11-9-15)27(29)30/h3-12,20H,1-2H3,(H,24,32)(H,23,25,28)/t20-/m0/s1. The number of hydrogen-bond donors (Lipinski definition) is 2. The molecule has 2 heterocycles. The van der Waals surface area contributed by atoms with E-state index in [1.807, 2.05) is 37.3 Å². The summed E-state index contributed by atoms with van der Waals surface area (Å²) >= 11 is 5.62. The van der Waals surface area contributed by atoms with E-state index >= 15 is 0 Å². The molecule has 2 N–H and O–H groups in total. The molecule has 0 saturated heterocycles. The maximum atomic E-state index is 13.4. The second-order valence-corrected chi connectivity index (χ2v) is 7.56. The Kier molecular flexibility index (Phi) is 5.69. The van der Waals surface area contributed by atoms with Gasteiger partial charge in [-0.25, -0.2) is 0 Å². The van der Waals surface area contributed by atoms with E-state index in [-0.39, 0.29) is 11.5 Å². The predicted molar refractivity (Wildman–Crippen MR) is 123 cm³/mol. The molecule has 1 aliphatic heterocycles. The second-order valence-electron chi connectivity index (χ2n) is 7.18. The molecule has 1 atom stereocenters. The molecule has 4 rings (SSSR count). The van der Waals surface area contributed by atoms with E-state index in [1.54, 1.807) is 30.0 Å². The molecule has 0 aliphatic carbocycles. The van der Waals surface area contributed by atoms with E-state index < -0.39 is 16.9 Å². The quantitative estimate of drug-likeness (QED) is 0.338. The number of nitrogens with zero attached hydrogens (tertiary/aromatic N) is 3. The van der Waals surface area contributed by atoms with Gasteiger partial charge in [-0.05, 0) is 55.9 Å². The van der Waals surface area contributed by atoms with Crippen LogP contribution in [-0.4, -0.2) is 21.1 Å². The lowest BCUT2D eigenvalue weighted by Crippen LogP contribution is -2.48. The molecule has 0 radical (unpaired) electrons. The highest BCUT2D eigenvalue weighted by Crippen LogP contribution is 2.34. The Hall–Kier alpha value is -4.05. The van der Waals surface area contributed by atoms with Crippen LogP contribution in [0.15, 0.2) is 76.5 Å². The molecular formula is C22H19N5O4S. The van der Waals surface area contributed by atoms with Gasteiger partial charge in [-0.1, -0.05) is 23.4 Å². The van der Waals surface area contributed by atoms with Crippen LogP contribution < -0.4 is 15.5 Å². The number of thiocarbonyl (C=S) groups is 1. The topological polar surface area (TPSA) is 114 Å². The van der Waals surface area contributed by atoms with Crippen LogP contribution in [0.4, 0.5) is 17.2 Å². The maximum Gasteiger partial charge on any atom is 0.269 e. The first-order valence-electron chi connectivity index (χ1n) is 9.70. The Morgan fingerprint density at radius 3 is 2.47 bits per heavy atom. The number of nitro benzene ring substituents is 1. The summed E-state index contributed by atoms with van der Waals surface area (Å²) in [6, 6.07) is 16.4. The van der Waals surface area contributed by atoms with Crippen molar-refractivity contribution in [1.82, 2.24) is 10.5 Å². The monoisotopic (exact) mass is 449 g/mol. The molecule has 0 fully saturated rings. The molecule has 10 heteroatoms. The van der Waals surface area contributed by atoms with Crippen molar-refractivity contribution in [2.45, 2.75) is 19.9 Å². The molecule has 0 spiro atoms. The zero-order chi connectivity index (χ0) is 22.8. The van der Waals surface area contributed by atoms with E-state index in [0.29, 0.717) is 27.7 Å². The number of nitrogens with one attached hydrogen (secondary N) is 2. The van der Waals surface area contributed by atoms with Crippen LogP contribution in [0.1, 0.15) is 24.3 Å². The number of rotatable bonds is 5. The summed E-state index contributed by atoms with van der Waals surface area (Å²) in [6.45, 7) is 3.53. The van der Waals surface area contributed by atoms with E-state index in [9.17, 15) is 14.9 Å². The average Bonchev–Trinajstić information content (AvgIpc) is 3.18. The highest BCUT2D eigenvalue weighted by molar-refractivity contribution is 7.80. The van der Waals surface area contributed by atoms with E-state index in [0.717, 1.165) is 5.69 Å². The van der Waals surface area contributed by atoms with Crippen molar-refractivity contribution < 1.29 is 14.2 Å². The first-order chi connectivity index (χ1) is 15.3. The number of benzene rings is 2. The van der Waals surface area contributed by atoms with Crippen LogP contribution in [0.25, 0.3) is 0 Å². The van der Waals surface area contributed by atoms with Gasteiger partial charge in [0.2, 0.25) is 0 Å². The number of non-ortho nitro benzene ring substituents is 1. The number of carbonyl (C=O) groups excluding carboxylic acids is 1. The number of aromatic nitrogens is 1. The lowest BCUT2D eigenvalue weighted by molar-refractivity contribution is -0.384. The SMILES string of the molecule is CC1=C(C(=O)Nc2cc(C)on2)[C@H](c2ccc([N+](=O)[O-])cc2)NC(=S)N1c1ccccc1. The zero-order valence-corrected chi connectivity index (χ0v) is 18.1. The number of nitro groups is 1.